The predicted octanol–water partition coefficient (Wildman–Crippen LogP) is 6.07. The molecule has 132 valence electrons. The maximum atomic E-state index is 12.6. The quantitative estimate of drug-likeness (QED) is 0.578. The largest absolute Gasteiger partial charge is 0.479 e. The highest BCUT2D eigenvalue weighted by atomic mass is 35.5. The lowest BCUT2D eigenvalue weighted by molar-refractivity contribution is -0.122. The summed E-state index contributed by atoms with van der Waals surface area (Å²) in [6.07, 6.45) is -0.741. The fourth-order valence-electron chi connectivity index (χ4n) is 2.51. The molecule has 1 atom stereocenters. The number of benzene rings is 3. The van der Waals surface area contributed by atoms with E-state index in [1.165, 1.54) is 0 Å². The lowest BCUT2D eigenvalue weighted by Gasteiger charge is -2.17. The van der Waals surface area contributed by atoms with Gasteiger partial charge in [0.15, 0.2) is 6.10 Å². The Labute approximate surface area is 162 Å². The number of halogens is 2. The van der Waals surface area contributed by atoms with Gasteiger partial charge in [0, 0.05) is 22.3 Å². The monoisotopic (exact) mass is 385 g/mol. The van der Waals surface area contributed by atoms with Crippen LogP contribution in [-0.2, 0) is 4.79 Å². The van der Waals surface area contributed by atoms with E-state index in [1.807, 2.05) is 54.6 Å². The van der Waals surface area contributed by atoms with Crippen LogP contribution < -0.4 is 10.1 Å². The molecule has 3 aromatic carbocycles. The van der Waals surface area contributed by atoms with Crippen LogP contribution in [0, 0.1) is 0 Å². The maximum absolute atomic E-state index is 12.6. The van der Waals surface area contributed by atoms with Gasteiger partial charge in [0.25, 0.3) is 5.91 Å². The number of para-hydroxylation sites is 1. The number of hydrogen-bond donors (Lipinski definition) is 1. The Hall–Kier alpha value is -2.49. The summed E-state index contributed by atoms with van der Waals surface area (Å²) in [4.78, 5) is 12.6. The second kappa shape index (κ2) is 8.26. The minimum atomic E-state index is -0.741. The molecule has 1 N–H and O–H groups in total. The predicted molar refractivity (Wildman–Crippen MR) is 107 cm³/mol. The summed E-state index contributed by atoms with van der Waals surface area (Å²) in [6, 6.07) is 22.4. The molecule has 0 saturated heterocycles. The summed E-state index contributed by atoms with van der Waals surface area (Å²) in [6.45, 7) is 1.66. The Kier molecular flexibility index (Phi) is 5.82. The molecule has 0 unspecified atom stereocenters. The lowest BCUT2D eigenvalue weighted by Crippen LogP contribution is -2.30. The van der Waals surface area contributed by atoms with Gasteiger partial charge in [0.05, 0.1) is 5.02 Å². The van der Waals surface area contributed by atoms with Gasteiger partial charge in [-0.15, -0.1) is 0 Å². The Morgan fingerprint density at radius 2 is 1.65 bits per heavy atom. The van der Waals surface area contributed by atoms with Crippen molar-refractivity contribution in [3.63, 3.8) is 0 Å². The van der Waals surface area contributed by atoms with Crippen molar-refractivity contribution in [2.45, 2.75) is 13.0 Å². The summed E-state index contributed by atoms with van der Waals surface area (Å²) < 4.78 is 5.68. The van der Waals surface area contributed by atoms with Gasteiger partial charge in [-0.3, -0.25) is 4.79 Å². The second-order valence-corrected chi connectivity index (χ2v) is 6.58. The second-order valence-electron chi connectivity index (χ2n) is 5.74. The number of rotatable bonds is 5. The molecule has 3 nitrogen and oxygen atoms in total. The summed E-state index contributed by atoms with van der Waals surface area (Å²) in [5.74, 6) is 0.0996. The summed E-state index contributed by atoms with van der Waals surface area (Å²) in [7, 11) is 0. The Balaban J connectivity index is 1.77. The van der Waals surface area contributed by atoms with Crippen LogP contribution in [-0.4, -0.2) is 12.0 Å². The SMILES string of the molecule is C[C@@H](Oc1cc(Cl)ccc1Cl)C(=O)Nc1ccccc1-c1ccccc1. The highest BCUT2D eigenvalue weighted by Gasteiger charge is 2.18. The van der Waals surface area contributed by atoms with Crippen LogP contribution in [0.1, 0.15) is 6.92 Å². The van der Waals surface area contributed by atoms with Gasteiger partial charge in [-0.05, 0) is 30.7 Å². The highest BCUT2D eigenvalue weighted by Crippen LogP contribution is 2.30. The molecular weight excluding hydrogens is 369 g/mol. The molecule has 0 aliphatic rings. The molecule has 0 bridgehead atoms. The third kappa shape index (κ3) is 4.37. The first kappa shape index (κ1) is 18.3. The molecule has 0 aromatic heterocycles. The summed E-state index contributed by atoms with van der Waals surface area (Å²) >= 11 is 12.1. The zero-order valence-electron chi connectivity index (χ0n) is 14.1. The summed E-state index contributed by atoms with van der Waals surface area (Å²) in [5.41, 5.74) is 2.68. The third-order valence-corrected chi connectivity index (χ3v) is 4.38. The molecule has 0 heterocycles. The zero-order chi connectivity index (χ0) is 18.5. The molecule has 1 amide bonds. The van der Waals surface area contributed by atoms with Gasteiger partial charge in [-0.2, -0.15) is 0 Å². The van der Waals surface area contributed by atoms with Crippen molar-refractivity contribution in [2.75, 3.05) is 5.32 Å². The molecule has 0 radical (unpaired) electrons. The van der Waals surface area contributed by atoms with Crippen molar-refractivity contribution < 1.29 is 9.53 Å². The van der Waals surface area contributed by atoms with Crippen molar-refractivity contribution in [3.8, 4) is 16.9 Å². The van der Waals surface area contributed by atoms with Gasteiger partial charge in [-0.25, -0.2) is 0 Å². The van der Waals surface area contributed by atoms with Crippen molar-refractivity contribution in [3.05, 3.63) is 82.8 Å². The molecule has 5 heteroatoms. The topological polar surface area (TPSA) is 38.3 Å². The van der Waals surface area contributed by atoms with Gasteiger partial charge >= 0.3 is 0 Å². The van der Waals surface area contributed by atoms with Gasteiger partial charge < -0.3 is 10.1 Å². The molecule has 0 fully saturated rings. The summed E-state index contributed by atoms with van der Waals surface area (Å²) in [5, 5.41) is 3.82. The van der Waals surface area contributed by atoms with E-state index in [4.69, 9.17) is 27.9 Å². The minimum Gasteiger partial charge on any atom is -0.479 e. The number of nitrogens with one attached hydrogen (secondary N) is 1. The van der Waals surface area contributed by atoms with Crippen molar-refractivity contribution in [2.24, 2.45) is 0 Å². The lowest BCUT2D eigenvalue weighted by atomic mass is 10.0. The molecule has 3 aromatic rings. The van der Waals surface area contributed by atoms with Crippen molar-refractivity contribution in [1.82, 2.24) is 0 Å². The van der Waals surface area contributed by atoms with Crippen LogP contribution >= 0.6 is 23.2 Å². The molecule has 0 aliphatic carbocycles. The number of carbonyl (C=O) groups excluding carboxylic acids is 1. The molecule has 0 aliphatic heterocycles. The van der Waals surface area contributed by atoms with E-state index >= 15 is 0 Å². The number of hydrogen-bond acceptors (Lipinski definition) is 2. The average Bonchev–Trinajstić information content (AvgIpc) is 2.66. The first-order valence-corrected chi connectivity index (χ1v) is 8.87. The van der Waals surface area contributed by atoms with Gasteiger partial charge in [-0.1, -0.05) is 71.7 Å². The third-order valence-electron chi connectivity index (χ3n) is 3.84. The Morgan fingerprint density at radius 3 is 2.42 bits per heavy atom. The van der Waals surface area contributed by atoms with E-state index in [2.05, 4.69) is 5.32 Å². The van der Waals surface area contributed by atoms with E-state index < -0.39 is 6.10 Å². The van der Waals surface area contributed by atoms with Crippen LogP contribution in [0.2, 0.25) is 10.0 Å². The Bertz CT molecular complexity index is 913. The molecule has 0 saturated carbocycles. The number of ether oxygens (including phenoxy) is 1. The van der Waals surface area contributed by atoms with E-state index in [1.54, 1.807) is 25.1 Å². The van der Waals surface area contributed by atoms with Gasteiger partial charge in [0.1, 0.15) is 5.75 Å². The maximum Gasteiger partial charge on any atom is 0.265 e. The van der Waals surface area contributed by atoms with Gasteiger partial charge in [0.2, 0.25) is 0 Å². The molecule has 0 spiro atoms. The minimum absolute atomic E-state index is 0.274. The van der Waals surface area contributed by atoms with Crippen LogP contribution in [0.15, 0.2) is 72.8 Å². The normalized spacial score (nSPS) is 11.7. The van der Waals surface area contributed by atoms with Crippen LogP contribution in [0.5, 0.6) is 5.75 Å². The highest BCUT2D eigenvalue weighted by molar-refractivity contribution is 6.34. The average molecular weight is 386 g/mol. The first-order chi connectivity index (χ1) is 12.5. The number of amides is 1. The van der Waals surface area contributed by atoms with E-state index in [-0.39, 0.29) is 5.91 Å². The molecular formula is C21H17Cl2NO2. The van der Waals surface area contributed by atoms with E-state index in [0.717, 1.165) is 16.8 Å². The van der Waals surface area contributed by atoms with Crippen molar-refractivity contribution >= 4 is 34.8 Å². The first-order valence-electron chi connectivity index (χ1n) is 8.11. The number of carbonyl (C=O) groups is 1. The number of anilines is 1. The van der Waals surface area contributed by atoms with E-state index in [0.29, 0.717) is 15.8 Å². The zero-order valence-corrected chi connectivity index (χ0v) is 15.6. The fourth-order valence-corrected chi connectivity index (χ4v) is 2.83. The van der Waals surface area contributed by atoms with Crippen molar-refractivity contribution in [1.29, 1.82) is 0 Å². The Morgan fingerprint density at radius 1 is 0.962 bits per heavy atom. The molecule has 3 rings (SSSR count). The smallest absolute Gasteiger partial charge is 0.265 e. The van der Waals surface area contributed by atoms with Crippen LogP contribution in [0.4, 0.5) is 5.69 Å². The molecule has 26 heavy (non-hydrogen) atoms. The standard InChI is InChI=1S/C21H17Cl2NO2/c1-14(26-20-13-16(22)11-12-18(20)23)21(25)24-19-10-6-5-9-17(19)15-7-3-2-4-8-15/h2-14H,1H3,(H,24,25)/t14-/m1/s1. The fraction of sp³-hybridized carbons (Fsp3) is 0.0952. The van der Waals surface area contributed by atoms with E-state index in [9.17, 15) is 4.79 Å². The van der Waals surface area contributed by atoms with Crippen LogP contribution in [0.25, 0.3) is 11.1 Å². The van der Waals surface area contributed by atoms with Crippen LogP contribution in [0.3, 0.4) is 0 Å².